The quantitative estimate of drug-likeness (QED) is 0.244. The summed E-state index contributed by atoms with van der Waals surface area (Å²) in [5.41, 5.74) is 1.14. The van der Waals surface area contributed by atoms with Gasteiger partial charge in [-0.25, -0.2) is 14.6 Å². The molecule has 7 rings (SSSR count). The molecule has 6 aromatic rings. The van der Waals surface area contributed by atoms with Crippen molar-refractivity contribution >= 4 is 51.6 Å². The number of hydrogen-bond acceptors (Lipinski definition) is 11. The molecule has 1 fully saturated rings. The molecule has 0 bridgehead atoms. The Bertz CT molecular complexity index is 2490. The Kier molecular flexibility index (Phi) is 8.96. The molecule has 274 valence electrons. The van der Waals surface area contributed by atoms with Gasteiger partial charge in [-0.2, -0.15) is 22.7 Å². The van der Waals surface area contributed by atoms with E-state index in [1.54, 1.807) is 48.7 Å². The Labute approximate surface area is 302 Å². The average Bonchev–Trinajstić information content (AvgIpc) is 3.75. The lowest BCUT2D eigenvalue weighted by molar-refractivity contribution is -0.137. The first-order chi connectivity index (χ1) is 25.2. The summed E-state index contributed by atoms with van der Waals surface area (Å²) in [4.78, 5) is 57.0. The number of carbonyl (C=O) groups is 2. The van der Waals surface area contributed by atoms with E-state index in [4.69, 9.17) is 11.6 Å². The van der Waals surface area contributed by atoms with E-state index in [2.05, 4.69) is 35.7 Å². The molecule has 0 unspecified atom stereocenters. The first-order valence-electron chi connectivity index (χ1n) is 16.3. The van der Waals surface area contributed by atoms with Gasteiger partial charge in [0.15, 0.2) is 17.3 Å². The fourth-order valence-corrected chi connectivity index (χ4v) is 6.49. The van der Waals surface area contributed by atoms with Gasteiger partial charge in [0.05, 0.1) is 33.2 Å². The monoisotopic (exact) mass is 750 g/mol. The summed E-state index contributed by atoms with van der Waals surface area (Å²) >= 11 is 6.13. The van der Waals surface area contributed by atoms with Crippen molar-refractivity contribution in [1.82, 2.24) is 49.0 Å². The van der Waals surface area contributed by atoms with Gasteiger partial charge >= 0.3 is 6.18 Å². The van der Waals surface area contributed by atoms with E-state index in [1.807, 2.05) is 0 Å². The second-order valence-electron chi connectivity index (χ2n) is 12.3. The van der Waals surface area contributed by atoms with E-state index in [9.17, 15) is 32.7 Å². The summed E-state index contributed by atoms with van der Waals surface area (Å²) in [6.07, 6.45) is -3.17. The second-order valence-corrected chi connectivity index (χ2v) is 12.7. The van der Waals surface area contributed by atoms with E-state index in [0.717, 1.165) is 28.2 Å². The zero-order chi connectivity index (χ0) is 37.8. The molecule has 5 heterocycles. The molecule has 0 radical (unpaired) electrons. The maximum atomic E-state index is 14.3. The molecule has 53 heavy (non-hydrogen) atoms. The summed E-state index contributed by atoms with van der Waals surface area (Å²) in [6.45, 7) is 3.72. The minimum atomic E-state index is -4.63. The molecule has 16 nitrogen and oxygen atoms in total. The number of piperazine rings is 1. The Morgan fingerprint density at radius 1 is 1.06 bits per heavy atom. The van der Waals surface area contributed by atoms with E-state index in [-0.39, 0.29) is 77.7 Å². The summed E-state index contributed by atoms with van der Waals surface area (Å²) < 4.78 is 44.0. The van der Waals surface area contributed by atoms with Crippen molar-refractivity contribution in [2.45, 2.75) is 33.0 Å². The number of fused-ring (bicyclic) bond motifs is 2. The normalized spacial score (nSPS) is 13.6. The van der Waals surface area contributed by atoms with Crippen LogP contribution in [-0.4, -0.2) is 92.1 Å². The number of amides is 2. The van der Waals surface area contributed by atoms with Crippen LogP contribution < -0.4 is 15.8 Å². The van der Waals surface area contributed by atoms with Crippen LogP contribution in [-0.2, 0) is 31.0 Å². The van der Waals surface area contributed by atoms with Crippen LogP contribution in [0.25, 0.3) is 28.2 Å². The van der Waals surface area contributed by atoms with Gasteiger partial charge in [-0.1, -0.05) is 23.7 Å². The van der Waals surface area contributed by atoms with Crippen LogP contribution >= 0.6 is 11.6 Å². The van der Waals surface area contributed by atoms with Gasteiger partial charge in [0.25, 0.3) is 11.5 Å². The van der Waals surface area contributed by atoms with Crippen LogP contribution in [0, 0.1) is 6.92 Å². The van der Waals surface area contributed by atoms with Gasteiger partial charge in [-0.3, -0.25) is 14.4 Å². The van der Waals surface area contributed by atoms with Crippen molar-refractivity contribution in [2.24, 2.45) is 7.05 Å². The summed E-state index contributed by atoms with van der Waals surface area (Å²) in [5.74, 6) is -1.24. The Morgan fingerprint density at radius 2 is 1.81 bits per heavy atom. The molecule has 1 aliphatic heterocycles. The highest BCUT2D eigenvalue weighted by Gasteiger charge is 2.32. The molecule has 0 spiro atoms. The third kappa shape index (κ3) is 6.47. The number of halogens is 4. The maximum Gasteiger partial charge on any atom is 0.416 e. The van der Waals surface area contributed by atoms with Gasteiger partial charge in [0.2, 0.25) is 11.7 Å². The molecule has 2 amide bonds. The number of anilines is 2. The molecule has 2 N–H and O–H groups in total. The highest BCUT2D eigenvalue weighted by Crippen LogP contribution is 2.34. The van der Waals surface area contributed by atoms with Gasteiger partial charge in [0.1, 0.15) is 24.1 Å². The Morgan fingerprint density at radius 3 is 2.51 bits per heavy atom. The molecule has 20 heteroatoms. The van der Waals surface area contributed by atoms with Crippen LogP contribution in [0.1, 0.15) is 34.4 Å². The smallest absolute Gasteiger partial charge is 0.416 e. The fourth-order valence-electron chi connectivity index (χ4n) is 6.26. The molecule has 0 atom stereocenters. The minimum absolute atomic E-state index is 0.0369. The second kappa shape index (κ2) is 13.5. The molecule has 1 saturated heterocycles. The number of hydrogen-bond donors (Lipinski definition) is 2. The highest BCUT2D eigenvalue weighted by molar-refractivity contribution is 6.33. The topological polar surface area (TPSA) is 182 Å². The lowest BCUT2D eigenvalue weighted by atomic mass is 10.2. The lowest BCUT2D eigenvalue weighted by Crippen LogP contribution is -2.51. The van der Waals surface area contributed by atoms with Crippen LogP contribution in [0.2, 0.25) is 5.02 Å². The predicted octanol–water partition coefficient (Wildman–Crippen LogP) is 3.48. The van der Waals surface area contributed by atoms with Crippen LogP contribution in [0.3, 0.4) is 0 Å². The molecule has 0 saturated carbocycles. The first-order valence-corrected chi connectivity index (χ1v) is 16.7. The largest absolute Gasteiger partial charge is 0.504 e. The molecular formula is C33H30ClF3N12O4. The Hall–Kier alpha value is -6.11. The highest BCUT2D eigenvalue weighted by atomic mass is 35.5. The number of aryl methyl sites for hydroxylation is 2. The average molecular weight is 751 g/mol. The van der Waals surface area contributed by atoms with Crippen molar-refractivity contribution in [3.05, 3.63) is 80.7 Å². The number of aromatic nitrogens is 9. The van der Waals surface area contributed by atoms with Gasteiger partial charge in [0, 0.05) is 38.8 Å². The molecule has 4 aromatic heterocycles. The molecular weight excluding hydrogens is 721 g/mol. The molecule has 1 aliphatic rings. The fraction of sp³-hybridized carbons (Fsp3) is 0.303. The Balaban J connectivity index is 1.27. The zero-order valence-electron chi connectivity index (χ0n) is 28.4. The van der Waals surface area contributed by atoms with Gasteiger partial charge < -0.3 is 24.8 Å². The van der Waals surface area contributed by atoms with E-state index >= 15 is 0 Å². The van der Waals surface area contributed by atoms with Crippen molar-refractivity contribution in [3.8, 4) is 17.1 Å². The van der Waals surface area contributed by atoms with Crippen molar-refractivity contribution < 1.29 is 27.9 Å². The minimum Gasteiger partial charge on any atom is -0.504 e. The standard InChI is InChI=1S/C33H30ClF3N12O4/c1-4-23-27(46-9-11-47(12-10-46)30(52)26-28(51)17(2)38-16-39-26)31(53)49-32(41-29(43-49)18-5-8-24-22(13-18)42-44-45(24)3)48(23)15-25(50)40-21-7-6-19(14-20(21)34)33(35,36)37/h5-8,13-14,16,51H,4,9-12,15H2,1-3H3,(H,40,50). The maximum absolute atomic E-state index is 14.3. The van der Waals surface area contributed by atoms with Crippen LogP contribution in [0.15, 0.2) is 47.5 Å². The zero-order valence-corrected chi connectivity index (χ0v) is 29.1. The number of carbonyl (C=O) groups excluding carboxylic acids is 2. The third-order valence-corrected chi connectivity index (χ3v) is 9.31. The van der Waals surface area contributed by atoms with Crippen LogP contribution in [0.5, 0.6) is 5.75 Å². The third-order valence-electron chi connectivity index (χ3n) is 8.99. The van der Waals surface area contributed by atoms with Crippen molar-refractivity contribution in [1.29, 1.82) is 0 Å². The molecule has 0 aliphatic carbocycles. The van der Waals surface area contributed by atoms with E-state index in [0.29, 0.717) is 16.8 Å². The first kappa shape index (κ1) is 35.3. The predicted molar refractivity (Wildman–Crippen MR) is 186 cm³/mol. The van der Waals surface area contributed by atoms with Crippen molar-refractivity contribution in [2.75, 3.05) is 36.4 Å². The van der Waals surface area contributed by atoms with Gasteiger partial charge in [-0.05, 0) is 49.7 Å². The number of rotatable bonds is 7. The van der Waals surface area contributed by atoms with Crippen molar-refractivity contribution in [3.63, 3.8) is 0 Å². The summed E-state index contributed by atoms with van der Waals surface area (Å²) in [7, 11) is 1.75. The SMILES string of the molecule is CCc1c(N2CCN(C(=O)c3ncnc(C)c3O)CC2)c(=O)n2nc(-c3ccc4c(c3)nnn4C)nc2n1CC(=O)Nc1ccc(C(F)(F)F)cc1Cl. The van der Waals surface area contributed by atoms with E-state index in [1.165, 1.54) is 15.8 Å². The van der Waals surface area contributed by atoms with Crippen LogP contribution in [0.4, 0.5) is 24.5 Å². The van der Waals surface area contributed by atoms with E-state index < -0.39 is 35.7 Å². The number of nitrogens with one attached hydrogen (secondary N) is 1. The summed E-state index contributed by atoms with van der Waals surface area (Å²) in [5, 5.41) is 25.4. The number of nitrogens with zero attached hydrogens (tertiary/aromatic N) is 11. The lowest BCUT2D eigenvalue weighted by Gasteiger charge is -2.36. The number of benzene rings is 2. The summed E-state index contributed by atoms with van der Waals surface area (Å²) in [6, 6.07) is 7.86. The number of alkyl halides is 3. The number of aromatic hydroxyl groups is 1. The van der Waals surface area contributed by atoms with Gasteiger partial charge in [-0.15, -0.1) is 10.2 Å². The molecule has 2 aromatic carbocycles.